The summed E-state index contributed by atoms with van der Waals surface area (Å²) in [5, 5.41) is 4.56. The smallest absolute Gasteiger partial charge is 0.111 e. The summed E-state index contributed by atoms with van der Waals surface area (Å²) in [4.78, 5) is 4.75. The van der Waals surface area contributed by atoms with Crippen molar-refractivity contribution in [1.82, 2.24) is 10.3 Å². The van der Waals surface area contributed by atoms with Gasteiger partial charge >= 0.3 is 0 Å². The Hall–Kier alpha value is -0.970. The number of aromatic nitrogens is 1. The third-order valence-corrected chi connectivity index (χ3v) is 4.93. The summed E-state index contributed by atoms with van der Waals surface area (Å²) in [5.41, 5.74) is 1.10. The fraction of sp³-hybridized carbons (Fsp3) is 0.533. The first-order valence-electron chi connectivity index (χ1n) is 6.94. The number of fused-ring (bicyclic) bond motifs is 1. The van der Waals surface area contributed by atoms with Crippen LogP contribution in [0.5, 0.6) is 0 Å². The van der Waals surface area contributed by atoms with Crippen LogP contribution in [-0.4, -0.2) is 24.2 Å². The monoisotopic (exact) mass is 276 g/mol. The van der Waals surface area contributed by atoms with E-state index in [1.54, 1.807) is 11.3 Å². The SMILES string of the molecule is CNC(CC1CCC(C)O1)c1nc2ccccc2s1. The van der Waals surface area contributed by atoms with Gasteiger partial charge in [0.15, 0.2) is 0 Å². The zero-order chi connectivity index (χ0) is 13.2. The molecule has 1 aliphatic heterocycles. The molecule has 2 aromatic rings. The fourth-order valence-electron chi connectivity index (χ4n) is 2.70. The minimum Gasteiger partial charge on any atom is -0.375 e. The molecule has 4 heteroatoms. The zero-order valence-electron chi connectivity index (χ0n) is 11.4. The number of hydrogen-bond acceptors (Lipinski definition) is 4. The summed E-state index contributed by atoms with van der Waals surface area (Å²) in [5.74, 6) is 0. The second-order valence-corrected chi connectivity index (χ2v) is 6.31. The molecule has 3 unspecified atom stereocenters. The van der Waals surface area contributed by atoms with Gasteiger partial charge in [0.05, 0.1) is 28.5 Å². The Morgan fingerprint density at radius 1 is 1.42 bits per heavy atom. The van der Waals surface area contributed by atoms with Gasteiger partial charge in [0.25, 0.3) is 0 Å². The second-order valence-electron chi connectivity index (χ2n) is 5.24. The Kier molecular flexibility index (Phi) is 3.82. The van der Waals surface area contributed by atoms with Gasteiger partial charge in [-0.05, 0) is 45.4 Å². The normalized spacial score (nSPS) is 24.9. The van der Waals surface area contributed by atoms with Crippen molar-refractivity contribution in [2.45, 2.75) is 44.4 Å². The van der Waals surface area contributed by atoms with Crippen molar-refractivity contribution in [1.29, 1.82) is 0 Å². The number of rotatable bonds is 4. The van der Waals surface area contributed by atoms with Gasteiger partial charge in [-0.15, -0.1) is 11.3 Å². The molecule has 1 aromatic heterocycles. The average Bonchev–Trinajstić information content (AvgIpc) is 3.01. The van der Waals surface area contributed by atoms with Crippen molar-refractivity contribution in [3.05, 3.63) is 29.3 Å². The maximum atomic E-state index is 5.93. The van der Waals surface area contributed by atoms with Gasteiger partial charge in [-0.1, -0.05) is 12.1 Å². The van der Waals surface area contributed by atoms with E-state index in [2.05, 4.69) is 30.4 Å². The molecule has 102 valence electrons. The summed E-state index contributed by atoms with van der Waals surface area (Å²) in [6.45, 7) is 2.16. The Bertz CT molecular complexity index is 521. The van der Waals surface area contributed by atoms with E-state index >= 15 is 0 Å². The number of hydrogen-bond donors (Lipinski definition) is 1. The quantitative estimate of drug-likeness (QED) is 0.928. The van der Waals surface area contributed by atoms with Gasteiger partial charge in [-0.3, -0.25) is 0 Å². The highest BCUT2D eigenvalue weighted by molar-refractivity contribution is 7.18. The maximum absolute atomic E-state index is 5.93. The molecule has 19 heavy (non-hydrogen) atoms. The topological polar surface area (TPSA) is 34.1 Å². The lowest BCUT2D eigenvalue weighted by Gasteiger charge is -2.18. The summed E-state index contributed by atoms with van der Waals surface area (Å²) in [6.07, 6.45) is 4.16. The number of nitrogens with zero attached hydrogens (tertiary/aromatic N) is 1. The molecule has 2 heterocycles. The van der Waals surface area contributed by atoms with Crippen LogP contribution in [0.1, 0.15) is 37.2 Å². The van der Waals surface area contributed by atoms with Gasteiger partial charge in [0.2, 0.25) is 0 Å². The van der Waals surface area contributed by atoms with Crippen LogP contribution in [0.2, 0.25) is 0 Å². The van der Waals surface area contributed by atoms with Crippen LogP contribution in [-0.2, 0) is 4.74 Å². The van der Waals surface area contributed by atoms with Gasteiger partial charge in [-0.25, -0.2) is 4.98 Å². The summed E-state index contributed by atoms with van der Waals surface area (Å²) in [6, 6.07) is 8.63. The molecular formula is C15H20N2OS. The highest BCUT2D eigenvalue weighted by Gasteiger charge is 2.26. The van der Waals surface area contributed by atoms with Crippen LogP contribution in [0, 0.1) is 0 Å². The molecule has 0 amide bonds. The largest absolute Gasteiger partial charge is 0.375 e. The zero-order valence-corrected chi connectivity index (χ0v) is 12.2. The Labute approximate surface area is 118 Å². The Morgan fingerprint density at radius 2 is 2.26 bits per heavy atom. The number of thiazole rings is 1. The number of benzene rings is 1. The van der Waals surface area contributed by atoms with E-state index in [0.717, 1.165) is 11.9 Å². The van der Waals surface area contributed by atoms with Crippen molar-refractivity contribution in [3.8, 4) is 0 Å². The van der Waals surface area contributed by atoms with Crippen LogP contribution in [0.4, 0.5) is 0 Å². The van der Waals surface area contributed by atoms with Crippen molar-refractivity contribution in [3.63, 3.8) is 0 Å². The molecule has 0 saturated carbocycles. The van der Waals surface area contributed by atoms with E-state index in [1.165, 1.54) is 22.5 Å². The van der Waals surface area contributed by atoms with Crippen molar-refractivity contribution >= 4 is 21.6 Å². The maximum Gasteiger partial charge on any atom is 0.111 e. The van der Waals surface area contributed by atoms with E-state index in [-0.39, 0.29) is 0 Å². The van der Waals surface area contributed by atoms with Gasteiger partial charge in [0.1, 0.15) is 5.01 Å². The summed E-state index contributed by atoms with van der Waals surface area (Å²) in [7, 11) is 2.01. The van der Waals surface area contributed by atoms with E-state index in [4.69, 9.17) is 9.72 Å². The van der Waals surface area contributed by atoms with E-state index in [9.17, 15) is 0 Å². The number of nitrogens with one attached hydrogen (secondary N) is 1. The van der Waals surface area contributed by atoms with Crippen LogP contribution >= 0.6 is 11.3 Å². The molecule has 3 rings (SSSR count). The van der Waals surface area contributed by atoms with Crippen molar-refractivity contribution < 1.29 is 4.74 Å². The Balaban J connectivity index is 1.77. The molecule has 1 aliphatic rings. The second kappa shape index (κ2) is 5.57. The number of ether oxygens (including phenoxy) is 1. The van der Waals surface area contributed by atoms with Crippen molar-refractivity contribution in [2.24, 2.45) is 0 Å². The lowest BCUT2D eigenvalue weighted by Crippen LogP contribution is -2.22. The molecular weight excluding hydrogens is 256 g/mol. The molecule has 3 atom stereocenters. The van der Waals surface area contributed by atoms with E-state index < -0.39 is 0 Å². The van der Waals surface area contributed by atoms with Crippen LogP contribution in [0.15, 0.2) is 24.3 Å². The van der Waals surface area contributed by atoms with Crippen LogP contribution < -0.4 is 5.32 Å². The predicted octanol–water partition coefficient (Wildman–Crippen LogP) is 3.51. The average molecular weight is 276 g/mol. The highest BCUT2D eigenvalue weighted by Crippen LogP contribution is 2.32. The van der Waals surface area contributed by atoms with Crippen LogP contribution in [0.3, 0.4) is 0 Å². The fourth-order valence-corrected chi connectivity index (χ4v) is 3.79. The number of para-hydroxylation sites is 1. The predicted molar refractivity (Wildman–Crippen MR) is 79.6 cm³/mol. The molecule has 0 radical (unpaired) electrons. The van der Waals surface area contributed by atoms with Gasteiger partial charge in [-0.2, -0.15) is 0 Å². The Morgan fingerprint density at radius 3 is 2.95 bits per heavy atom. The first-order valence-corrected chi connectivity index (χ1v) is 7.76. The first kappa shape index (κ1) is 13.0. The van der Waals surface area contributed by atoms with Gasteiger partial charge < -0.3 is 10.1 Å². The minimum atomic E-state index is 0.299. The third kappa shape index (κ3) is 2.81. The third-order valence-electron chi connectivity index (χ3n) is 3.78. The minimum absolute atomic E-state index is 0.299. The highest BCUT2D eigenvalue weighted by atomic mass is 32.1. The first-order chi connectivity index (χ1) is 9.26. The summed E-state index contributed by atoms with van der Waals surface area (Å²) < 4.78 is 7.19. The van der Waals surface area contributed by atoms with Crippen LogP contribution in [0.25, 0.3) is 10.2 Å². The summed E-state index contributed by atoms with van der Waals surface area (Å²) >= 11 is 1.78. The molecule has 0 bridgehead atoms. The molecule has 3 nitrogen and oxygen atoms in total. The molecule has 0 spiro atoms. The molecule has 1 N–H and O–H groups in total. The lowest BCUT2D eigenvalue weighted by atomic mass is 10.1. The van der Waals surface area contributed by atoms with Gasteiger partial charge in [0, 0.05) is 0 Å². The standard InChI is InChI=1S/C15H20N2OS/c1-10-7-8-11(18-10)9-13(16-2)15-17-12-5-3-4-6-14(12)19-15/h3-6,10-11,13,16H,7-9H2,1-2H3. The molecule has 1 fully saturated rings. The van der Waals surface area contributed by atoms with Crippen molar-refractivity contribution in [2.75, 3.05) is 7.05 Å². The van der Waals surface area contributed by atoms with E-state index in [0.29, 0.717) is 18.2 Å². The lowest BCUT2D eigenvalue weighted by molar-refractivity contribution is 0.0450. The molecule has 1 aromatic carbocycles. The molecule has 1 saturated heterocycles. The molecule has 0 aliphatic carbocycles. The van der Waals surface area contributed by atoms with E-state index in [1.807, 2.05) is 13.1 Å².